The fourth-order valence-electron chi connectivity index (χ4n) is 8.72. The van der Waals surface area contributed by atoms with E-state index in [0.717, 1.165) is 79.7 Å². The largest absolute Gasteiger partial charge is 0.374 e. The van der Waals surface area contributed by atoms with Gasteiger partial charge in [0.25, 0.3) is 0 Å². The van der Waals surface area contributed by atoms with Gasteiger partial charge in [0.05, 0.1) is 29.2 Å². The van der Waals surface area contributed by atoms with E-state index >= 15 is 8.78 Å². The van der Waals surface area contributed by atoms with E-state index in [0.29, 0.717) is 46.9 Å². The average molecular weight is 907 g/mol. The highest BCUT2D eigenvalue weighted by Gasteiger charge is 2.30. The Kier molecular flexibility index (Phi) is 12.0. The van der Waals surface area contributed by atoms with Crippen LogP contribution in [0.3, 0.4) is 0 Å². The highest BCUT2D eigenvalue weighted by molar-refractivity contribution is 7.90. The lowest BCUT2D eigenvalue weighted by atomic mass is 9.89. The molecule has 1 unspecified atom stereocenters. The molecule has 0 spiro atoms. The van der Waals surface area contributed by atoms with Crippen molar-refractivity contribution >= 4 is 61.9 Å². The van der Waals surface area contributed by atoms with Crippen LogP contribution in [0.15, 0.2) is 79.6 Å². The minimum absolute atomic E-state index is 0.0469. The van der Waals surface area contributed by atoms with Crippen LogP contribution in [0.2, 0.25) is 0 Å². The SMILES string of the molecule is CCN(C)S(=O)(=O)Nc1ccc(F)c(C(=O)c2c[nH]c3ncc(-c4cnc(N5CCC(n6cc(N7CCC(c8ccc(NC9CCC(=O)NC9=O)cc8)CC7)cn6)CC5)nc4)cc23)c1F. The number of H-pyrrole nitrogens is 1. The van der Waals surface area contributed by atoms with Crippen LogP contribution < -0.4 is 25.2 Å². The maximum atomic E-state index is 15.6. The number of aromatic amines is 1. The number of anilines is 4. The van der Waals surface area contributed by atoms with Crippen molar-refractivity contribution in [3.8, 4) is 11.1 Å². The molecule has 4 N–H and O–H groups in total. The summed E-state index contributed by atoms with van der Waals surface area (Å²) >= 11 is 0. The molecule has 0 bridgehead atoms. The van der Waals surface area contributed by atoms with Crippen LogP contribution in [0.4, 0.5) is 31.8 Å². The summed E-state index contributed by atoms with van der Waals surface area (Å²) in [6.07, 6.45) is 14.9. The van der Waals surface area contributed by atoms with Gasteiger partial charge in [0.2, 0.25) is 23.5 Å². The molecule has 338 valence electrons. The summed E-state index contributed by atoms with van der Waals surface area (Å²) in [5.41, 5.74) is 3.28. The molecule has 3 fully saturated rings. The Morgan fingerprint density at radius 3 is 2.31 bits per heavy atom. The van der Waals surface area contributed by atoms with Gasteiger partial charge < -0.3 is 20.1 Å². The Hall–Kier alpha value is -6.80. The zero-order valence-corrected chi connectivity index (χ0v) is 36.6. The van der Waals surface area contributed by atoms with Crippen LogP contribution in [0, 0.1) is 11.6 Å². The molecule has 9 rings (SSSR count). The van der Waals surface area contributed by atoms with Crippen LogP contribution in [-0.2, 0) is 19.8 Å². The first kappa shape index (κ1) is 43.5. The van der Waals surface area contributed by atoms with Crippen LogP contribution in [0.5, 0.6) is 0 Å². The summed E-state index contributed by atoms with van der Waals surface area (Å²) in [6, 6.07) is 11.6. The lowest BCUT2D eigenvalue weighted by Gasteiger charge is -2.33. The smallest absolute Gasteiger partial charge is 0.301 e. The number of aromatic nitrogens is 6. The molecule has 6 aromatic rings. The zero-order valence-electron chi connectivity index (χ0n) is 35.8. The molecule has 20 heteroatoms. The van der Waals surface area contributed by atoms with Crippen molar-refractivity contribution in [2.75, 3.05) is 59.6 Å². The number of carbonyl (C=O) groups excluding carboxylic acids is 3. The van der Waals surface area contributed by atoms with E-state index in [1.165, 1.54) is 18.8 Å². The van der Waals surface area contributed by atoms with E-state index in [2.05, 4.69) is 68.1 Å². The number of fused-ring (bicyclic) bond motifs is 1. The van der Waals surface area contributed by atoms with Crippen molar-refractivity contribution in [3.05, 3.63) is 108 Å². The van der Waals surface area contributed by atoms with Gasteiger partial charge in [-0.3, -0.25) is 29.1 Å². The van der Waals surface area contributed by atoms with Crippen molar-refractivity contribution in [1.82, 2.24) is 39.3 Å². The van der Waals surface area contributed by atoms with Gasteiger partial charge in [-0.2, -0.15) is 17.8 Å². The summed E-state index contributed by atoms with van der Waals surface area (Å²) < 4.78 is 60.9. The molecule has 2 aromatic carbocycles. The Morgan fingerprint density at radius 1 is 0.892 bits per heavy atom. The predicted molar refractivity (Wildman–Crippen MR) is 241 cm³/mol. The van der Waals surface area contributed by atoms with E-state index in [4.69, 9.17) is 5.10 Å². The van der Waals surface area contributed by atoms with E-state index in [1.54, 1.807) is 31.6 Å². The second kappa shape index (κ2) is 18.0. The van der Waals surface area contributed by atoms with Crippen LogP contribution in [0.25, 0.3) is 22.2 Å². The molecule has 3 aliphatic rings. The number of rotatable bonds is 13. The van der Waals surface area contributed by atoms with Gasteiger partial charge in [-0.05, 0) is 73.9 Å². The molecule has 3 aliphatic heterocycles. The predicted octanol–water partition coefficient (Wildman–Crippen LogP) is 5.78. The molecular weight excluding hydrogens is 859 g/mol. The summed E-state index contributed by atoms with van der Waals surface area (Å²) in [7, 11) is -2.84. The van der Waals surface area contributed by atoms with E-state index in [-0.39, 0.29) is 30.0 Å². The van der Waals surface area contributed by atoms with Crippen LogP contribution >= 0.6 is 0 Å². The fraction of sp³-hybridized carbons (Fsp3) is 0.356. The van der Waals surface area contributed by atoms with Crippen molar-refractivity contribution in [3.63, 3.8) is 0 Å². The van der Waals surface area contributed by atoms with Gasteiger partial charge in [-0.25, -0.2) is 23.7 Å². The summed E-state index contributed by atoms with van der Waals surface area (Å²) in [5.74, 6) is -2.94. The lowest BCUT2D eigenvalue weighted by Crippen LogP contribution is -2.47. The van der Waals surface area contributed by atoms with Gasteiger partial charge in [0, 0.05) is 105 Å². The number of amides is 2. The fourth-order valence-corrected chi connectivity index (χ4v) is 9.65. The maximum Gasteiger partial charge on any atom is 0.301 e. The van der Waals surface area contributed by atoms with Gasteiger partial charge >= 0.3 is 10.2 Å². The summed E-state index contributed by atoms with van der Waals surface area (Å²) in [5, 5.41) is 10.7. The number of hydrogen-bond acceptors (Lipinski definition) is 12. The third-order valence-corrected chi connectivity index (χ3v) is 14.2. The van der Waals surface area contributed by atoms with Crippen molar-refractivity contribution in [2.24, 2.45) is 0 Å². The van der Waals surface area contributed by atoms with E-state index in [1.807, 2.05) is 18.3 Å². The van der Waals surface area contributed by atoms with Crippen molar-refractivity contribution < 1.29 is 31.6 Å². The lowest BCUT2D eigenvalue weighted by molar-refractivity contribution is -0.133. The molecule has 0 radical (unpaired) electrons. The molecule has 17 nitrogen and oxygen atoms in total. The number of nitrogens with zero attached hydrogens (tertiary/aromatic N) is 8. The number of benzene rings is 2. The minimum atomic E-state index is -4.14. The molecule has 0 saturated carbocycles. The molecular formula is C45H48F2N12O5S. The normalized spacial score (nSPS) is 17.8. The maximum absolute atomic E-state index is 15.6. The molecule has 3 saturated heterocycles. The summed E-state index contributed by atoms with van der Waals surface area (Å²) in [6.45, 7) is 5.02. The van der Waals surface area contributed by atoms with Crippen LogP contribution in [-0.4, -0.2) is 106 Å². The Bertz CT molecular complexity index is 2860. The third-order valence-electron chi connectivity index (χ3n) is 12.7. The van der Waals surface area contributed by atoms with Gasteiger partial charge in [-0.1, -0.05) is 19.1 Å². The molecule has 7 heterocycles. The topological polar surface area (TPSA) is 203 Å². The van der Waals surface area contributed by atoms with Gasteiger partial charge in [-0.15, -0.1) is 0 Å². The first-order chi connectivity index (χ1) is 31.3. The second-order valence-corrected chi connectivity index (χ2v) is 18.4. The first-order valence-corrected chi connectivity index (χ1v) is 23.1. The van der Waals surface area contributed by atoms with Gasteiger partial charge in [0.1, 0.15) is 17.5 Å². The molecule has 65 heavy (non-hydrogen) atoms. The highest BCUT2D eigenvalue weighted by atomic mass is 32.2. The van der Waals surface area contributed by atoms with E-state index < -0.39 is 44.9 Å². The summed E-state index contributed by atoms with van der Waals surface area (Å²) in [4.78, 5) is 58.4. The minimum Gasteiger partial charge on any atom is -0.374 e. The number of piperidine rings is 3. The molecule has 4 aromatic heterocycles. The Morgan fingerprint density at radius 2 is 1.60 bits per heavy atom. The van der Waals surface area contributed by atoms with Crippen LogP contribution in [0.1, 0.15) is 78.9 Å². The number of nitrogens with one attached hydrogen (secondary N) is 4. The zero-order chi connectivity index (χ0) is 45.4. The Labute approximate surface area is 373 Å². The number of halogens is 2. The number of ketones is 1. The molecule has 1 atom stereocenters. The first-order valence-electron chi connectivity index (χ1n) is 21.7. The number of pyridine rings is 1. The van der Waals surface area contributed by atoms with E-state index in [9.17, 15) is 22.8 Å². The second-order valence-electron chi connectivity index (χ2n) is 16.7. The standard InChI is InChI=1S/C45H48F2N12O5S/c1-3-56(2)65(63,64)55-37-9-8-36(46)40(41(37)47)42(61)35-25-49-43-34(35)20-29(21-48-43)30-22-50-45(51-23-30)58-18-14-32(15-19-58)59-26-33(24-52-59)57-16-12-28(13-17-57)27-4-6-31(7-5-27)53-38-10-11-39(60)54-44(38)62/h4-9,20-26,28,32,38,53,55H,3,10-19H2,1-2H3,(H,48,49)(H,54,60,62). The van der Waals surface area contributed by atoms with Crippen molar-refractivity contribution in [1.29, 1.82) is 0 Å². The number of carbonyl (C=O) groups is 3. The van der Waals surface area contributed by atoms with Gasteiger partial charge in [0.15, 0.2) is 5.82 Å². The highest BCUT2D eigenvalue weighted by Crippen LogP contribution is 2.34. The molecule has 0 aliphatic carbocycles. The average Bonchev–Trinajstić information content (AvgIpc) is 3.99. The van der Waals surface area contributed by atoms with Crippen molar-refractivity contribution in [2.45, 2.75) is 63.5 Å². The Balaban J connectivity index is 0.789. The number of hydrogen-bond donors (Lipinski definition) is 4. The third kappa shape index (κ3) is 8.99. The quantitative estimate of drug-likeness (QED) is 0.0806. The number of imide groups is 1. The monoisotopic (exact) mass is 906 g/mol. The molecule has 2 amide bonds.